The molecule has 0 N–H and O–H groups in total. The van der Waals surface area contributed by atoms with E-state index in [4.69, 9.17) is 25.6 Å². The molecule has 0 saturated carbocycles. The summed E-state index contributed by atoms with van der Waals surface area (Å²) in [7, 11) is 1.63. The van der Waals surface area contributed by atoms with Crippen LogP contribution in [0.1, 0.15) is 30.3 Å². The normalized spacial score (nSPS) is 17.0. The van der Waals surface area contributed by atoms with E-state index in [0.717, 1.165) is 36.5 Å². The number of nitrogens with zero attached hydrogens (tertiary/aromatic N) is 4. The van der Waals surface area contributed by atoms with Crippen molar-refractivity contribution in [1.29, 1.82) is 0 Å². The predicted octanol–water partition coefficient (Wildman–Crippen LogP) is 4.15. The summed E-state index contributed by atoms with van der Waals surface area (Å²) in [5.74, 6) is 1.72. The molecule has 29 heavy (non-hydrogen) atoms. The van der Waals surface area contributed by atoms with Crippen LogP contribution in [0.25, 0.3) is 11.4 Å². The molecule has 0 spiro atoms. The largest absolute Gasteiger partial charge is 0.475 e. The van der Waals surface area contributed by atoms with Gasteiger partial charge in [0.2, 0.25) is 17.6 Å². The van der Waals surface area contributed by atoms with E-state index < -0.39 is 0 Å². The molecule has 1 fully saturated rings. The van der Waals surface area contributed by atoms with E-state index >= 15 is 0 Å². The minimum absolute atomic E-state index is 0.122. The quantitative estimate of drug-likeness (QED) is 0.512. The Labute approximate surface area is 174 Å². The van der Waals surface area contributed by atoms with Crippen LogP contribution < -0.4 is 4.74 Å². The van der Waals surface area contributed by atoms with E-state index in [1.807, 2.05) is 18.2 Å². The predicted molar refractivity (Wildman–Crippen MR) is 109 cm³/mol. The van der Waals surface area contributed by atoms with Gasteiger partial charge < -0.3 is 14.0 Å². The maximum atomic E-state index is 5.99. The summed E-state index contributed by atoms with van der Waals surface area (Å²) < 4.78 is 16.1. The topological polar surface area (TPSA) is 73.5 Å². The first-order valence-electron chi connectivity index (χ1n) is 9.63. The van der Waals surface area contributed by atoms with Crippen LogP contribution in [0.3, 0.4) is 0 Å². The van der Waals surface area contributed by atoms with Gasteiger partial charge in [-0.15, -0.1) is 0 Å². The van der Waals surface area contributed by atoms with Crippen molar-refractivity contribution < 1.29 is 14.0 Å². The number of halogens is 1. The van der Waals surface area contributed by atoms with Gasteiger partial charge in [0.25, 0.3) is 0 Å². The highest BCUT2D eigenvalue weighted by Crippen LogP contribution is 2.33. The van der Waals surface area contributed by atoms with Crippen LogP contribution in [-0.2, 0) is 11.3 Å². The highest BCUT2D eigenvalue weighted by Gasteiger charge is 2.30. The summed E-state index contributed by atoms with van der Waals surface area (Å²) in [6.07, 6.45) is 3.79. The average molecular weight is 415 g/mol. The molecule has 1 aliphatic rings. The second-order valence-electron chi connectivity index (χ2n) is 6.94. The molecule has 1 atom stereocenters. The molecule has 1 aliphatic heterocycles. The first-order chi connectivity index (χ1) is 14.2. The summed E-state index contributed by atoms with van der Waals surface area (Å²) in [4.78, 5) is 11.3. The monoisotopic (exact) mass is 414 g/mol. The Morgan fingerprint density at radius 1 is 1.17 bits per heavy atom. The Bertz CT molecular complexity index is 914. The Hall–Kier alpha value is -2.48. The average Bonchev–Trinajstić information content (AvgIpc) is 3.40. The number of aromatic nitrogens is 3. The first-order valence-corrected chi connectivity index (χ1v) is 10.0. The van der Waals surface area contributed by atoms with Crippen LogP contribution in [0.15, 0.2) is 47.1 Å². The molecule has 3 aromatic rings. The van der Waals surface area contributed by atoms with Gasteiger partial charge in [-0.2, -0.15) is 4.98 Å². The Kier molecular flexibility index (Phi) is 6.39. The molecule has 0 bridgehead atoms. The number of hydrogen-bond donors (Lipinski definition) is 0. The molecule has 0 radical (unpaired) electrons. The Morgan fingerprint density at radius 3 is 2.79 bits per heavy atom. The van der Waals surface area contributed by atoms with E-state index in [1.165, 1.54) is 5.56 Å². The molecule has 152 valence electrons. The third-order valence-corrected chi connectivity index (χ3v) is 5.17. The first kappa shape index (κ1) is 19.8. The summed E-state index contributed by atoms with van der Waals surface area (Å²) in [5.41, 5.74) is 2.01. The highest BCUT2D eigenvalue weighted by molar-refractivity contribution is 6.30. The van der Waals surface area contributed by atoms with Gasteiger partial charge in [-0.1, -0.05) is 28.9 Å². The lowest BCUT2D eigenvalue weighted by molar-refractivity contribution is 0.144. The Morgan fingerprint density at radius 2 is 2.03 bits per heavy atom. The molecule has 8 heteroatoms. The SMILES string of the molecule is COCCOc1ccc(-c2noc([C@H]3CCCN3Cc3ccc(Cl)cc3)n2)cn1. The van der Waals surface area contributed by atoms with Crippen molar-refractivity contribution in [3.8, 4) is 17.3 Å². The fourth-order valence-electron chi connectivity index (χ4n) is 3.43. The molecule has 0 aliphatic carbocycles. The number of methoxy groups -OCH3 is 1. The fraction of sp³-hybridized carbons (Fsp3) is 0.381. The van der Waals surface area contributed by atoms with Crippen molar-refractivity contribution in [3.05, 3.63) is 59.1 Å². The maximum absolute atomic E-state index is 5.99. The van der Waals surface area contributed by atoms with E-state index in [-0.39, 0.29) is 6.04 Å². The second-order valence-corrected chi connectivity index (χ2v) is 7.37. The lowest BCUT2D eigenvalue weighted by Crippen LogP contribution is -2.23. The minimum atomic E-state index is 0.122. The van der Waals surface area contributed by atoms with E-state index in [1.54, 1.807) is 19.4 Å². The molecule has 1 saturated heterocycles. The lowest BCUT2D eigenvalue weighted by Gasteiger charge is -2.21. The van der Waals surface area contributed by atoms with Crippen molar-refractivity contribution in [2.24, 2.45) is 0 Å². The van der Waals surface area contributed by atoms with Gasteiger partial charge in [0.1, 0.15) is 6.61 Å². The minimum Gasteiger partial charge on any atom is -0.475 e. The van der Waals surface area contributed by atoms with Gasteiger partial charge in [0, 0.05) is 36.5 Å². The number of ether oxygens (including phenoxy) is 2. The van der Waals surface area contributed by atoms with Crippen LogP contribution in [0.5, 0.6) is 5.88 Å². The molecular weight excluding hydrogens is 392 g/mol. The second kappa shape index (κ2) is 9.35. The van der Waals surface area contributed by atoms with Gasteiger partial charge in [-0.3, -0.25) is 4.90 Å². The highest BCUT2D eigenvalue weighted by atomic mass is 35.5. The molecule has 7 nitrogen and oxygen atoms in total. The van der Waals surface area contributed by atoms with Gasteiger partial charge in [-0.25, -0.2) is 4.98 Å². The zero-order valence-electron chi connectivity index (χ0n) is 16.3. The van der Waals surface area contributed by atoms with Gasteiger partial charge in [0.05, 0.1) is 12.6 Å². The van der Waals surface area contributed by atoms with Crippen molar-refractivity contribution >= 4 is 11.6 Å². The van der Waals surface area contributed by atoms with Crippen molar-refractivity contribution in [2.75, 3.05) is 26.9 Å². The maximum Gasteiger partial charge on any atom is 0.244 e. The summed E-state index contributed by atoms with van der Waals surface area (Å²) in [6.45, 7) is 2.81. The standard InChI is InChI=1S/C21H23ClN4O3/c1-27-11-12-28-19-9-6-16(13-23-19)20-24-21(29-25-20)18-3-2-10-26(18)14-15-4-7-17(22)8-5-15/h4-9,13,18H,2-3,10-12,14H2,1H3/t18-/m1/s1. The van der Waals surface area contributed by atoms with Gasteiger partial charge in [0.15, 0.2) is 0 Å². The van der Waals surface area contributed by atoms with Crippen LogP contribution in [-0.4, -0.2) is 46.9 Å². The summed E-state index contributed by atoms with van der Waals surface area (Å²) >= 11 is 5.99. The fourth-order valence-corrected chi connectivity index (χ4v) is 3.56. The molecule has 4 rings (SSSR count). The molecule has 0 amide bonds. The van der Waals surface area contributed by atoms with E-state index in [2.05, 4.69) is 32.2 Å². The van der Waals surface area contributed by atoms with Crippen molar-refractivity contribution in [2.45, 2.75) is 25.4 Å². The van der Waals surface area contributed by atoms with Crippen LogP contribution >= 0.6 is 11.6 Å². The third-order valence-electron chi connectivity index (χ3n) is 4.92. The smallest absolute Gasteiger partial charge is 0.244 e. The van der Waals surface area contributed by atoms with Gasteiger partial charge >= 0.3 is 0 Å². The van der Waals surface area contributed by atoms with Crippen LogP contribution in [0.2, 0.25) is 5.02 Å². The van der Waals surface area contributed by atoms with Crippen LogP contribution in [0, 0.1) is 0 Å². The number of pyridine rings is 1. The lowest BCUT2D eigenvalue weighted by atomic mass is 10.2. The van der Waals surface area contributed by atoms with Crippen molar-refractivity contribution in [3.63, 3.8) is 0 Å². The summed E-state index contributed by atoms with van der Waals surface area (Å²) in [6, 6.07) is 11.7. The zero-order chi connectivity index (χ0) is 20.1. The van der Waals surface area contributed by atoms with E-state index in [0.29, 0.717) is 30.8 Å². The van der Waals surface area contributed by atoms with Crippen molar-refractivity contribution in [1.82, 2.24) is 20.0 Å². The van der Waals surface area contributed by atoms with Gasteiger partial charge in [-0.05, 0) is 43.1 Å². The zero-order valence-corrected chi connectivity index (χ0v) is 17.0. The molecule has 2 aromatic heterocycles. The number of benzene rings is 1. The summed E-state index contributed by atoms with van der Waals surface area (Å²) in [5, 5.41) is 4.91. The number of likely N-dealkylation sites (tertiary alicyclic amines) is 1. The Balaban J connectivity index is 1.43. The van der Waals surface area contributed by atoms with Crippen LogP contribution in [0.4, 0.5) is 0 Å². The van der Waals surface area contributed by atoms with E-state index in [9.17, 15) is 0 Å². The number of hydrogen-bond acceptors (Lipinski definition) is 7. The molecule has 3 heterocycles. The molecule has 0 unspecified atom stereocenters. The number of rotatable bonds is 8. The molecular formula is C21H23ClN4O3. The third kappa shape index (κ3) is 4.93. The molecule has 1 aromatic carbocycles.